The van der Waals surface area contributed by atoms with Crippen molar-refractivity contribution < 1.29 is 14.4 Å². The average molecular weight is 444 g/mol. The van der Waals surface area contributed by atoms with E-state index >= 15 is 0 Å². The van der Waals surface area contributed by atoms with Gasteiger partial charge in [0, 0.05) is 42.4 Å². The molecular formula is C21H22BrN3O3. The fourth-order valence-corrected chi connectivity index (χ4v) is 3.45. The predicted molar refractivity (Wildman–Crippen MR) is 113 cm³/mol. The second kappa shape index (κ2) is 8.56. The highest BCUT2D eigenvalue weighted by Crippen LogP contribution is 2.26. The van der Waals surface area contributed by atoms with E-state index in [4.69, 9.17) is 0 Å². The summed E-state index contributed by atoms with van der Waals surface area (Å²) < 4.78 is 0.754. The Morgan fingerprint density at radius 2 is 1.86 bits per heavy atom. The summed E-state index contributed by atoms with van der Waals surface area (Å²) in [5.74, 6) is -0.754. The summed E-state index contributed by atoms with van der Waals surface area (Å²) in [5, 5.41) is 2.87. The molecule has 1 N–H and O–H groups in total. The lowest BCUT2D eigenvalue weighted by Gasteiger charge is -2.18. The van der Waals surface area contributed by atoms with Crippen LogP contribution in [-0.4, -0.2) is 42.8 Å². The van der Waals surface area contributed by atoms with Crippen molar-refractivity contribution in [3.63, 3.8) is 0 Å². The Hall–Kier alpha value is -2.67. The fourth-order valence-electron chi connectivity index (χ4n) is 3.09. The van der Waals surface area contributed by atoms with Gasteiger partial charge in [-0.1, -0.05) is 22.0 Å². The van der Waals surface area contributed by atoms with Crippen LogP contribution in [0.4, 0.5) is 11.4 Å². The lowest BCUT2D eigenvalue weighted by Crippen LogP contribution is -2.31. The van der Waals surface area contributed by atoms with E-state index in [0.717, 1.165) is 22.4 Å². The number of nitrogens with zero attached hydrogens (tertiary/aromatic N) is 2. The smallest absolute Gasteiger partial charge is 0.261 e. The van der Waals surface area contributed by atoms with Gasteiger partial charge in [-0.25, -0.2) is 0 Å². The summed E-state index contributed by atoms with van der Waals surface area (Å²) in [5.41, 5.74) is 2.57. The number of nitrogens with one attached hydrogen (secondary N) is 1. The first-order chi connectivity index (χ1) is 13.4. The van der Waals surface area contributed by atoms with Crippen molar-refractivity contribution >= 4 is 45.0 Å². The molecule has 1 aliphatic rings. The van der Waals surface area contributed by atoms with Gasteiger partial charge in [-0.05, 0) is 49.7 Å². The van der Waals surface area contributed by atoms with Crippen molar-refractivity contribution in [1.82, 2.24) is 4.90 Å². The summed E-state index contributed by atoms with van der Waals surface area (Å²) >= 11 is 3.32. The highest BCUT2D eigenvalue weighted by atomic mass is 79.9. The number of rotatable bonds is 7. The van der Waals surface area contributed by atoms with Crippen LogP contribution in [-0.2, 0) is 4.79 Å². The molecule has 0 radical (unpaired) electrons. The Labute approximate surface area is 172 Å². The number of hydrogen-bond donors (Lipinski definition) is 1. The summed E-state index contributed by atoms with van der Waals surface area (Å²) in [4.78, 5) is 40.4. The monoisotopic (exact) mass is 443 g/mol. The maximum atomic E-state index is 12.4. The van der Waals surface area contributed by atoms with Crippen LogP contribution in [0.3, 0.4) is 0 Å². The van der Waals surface area contributed by atoms with Crippen molar-refractivity contribution in [1.29, 1.82) is 0 Å². The van der Waals surface area contributed by atoms with Crippen molar-refractivity contribution in [2.24, 2.45) is 0 Å². The van der Waals surface area contributed by atoms with Gasteiger partial charge in [0.25, 0.3) is 11.8 Å². The van der Waals surface area contributed by atoms with Gasteiger partial charge >= 0.3 is 0 Å². The first-order valence-corrected chi connectivity index (χ1v) is 9.96. The number of benzene rings is 2. The van der Waals surface area contributed by atoms with Crippen LogP contribution < -0.4 is 10.2 Å². The second-order valence-corrected chi connectivity index (χ2v) is 7.58. The van der Waals surface area contributed by atoms with Crippen LogP contribution in [0.15, 0.2) is 46.9 Å². The van der Waals surface area contributed by atoms with Crippen molar-refractivity contribution in [2.75, 3.05) is 30.4 Å². The molecule has 0 aliphatic carbocycles. The number of carbonyl (C=O) groups is 3. The zero-order valence-electron chi connectivity index (χ0n) is 15.9. The summed E-state index contributed by atoms with van der Waals surface area (Å²) in [7, 11) is 1.99. The lowest BCUT2D eigenvalue weighted by atomic mass is 10.1. The van der Waals surface area contributed by atoms with Gasteiger partial charge < -0.3 is 10.2 Å². The molecule has 28 heavy (non-hydrogen) atoms. The molecule has 7 heteroatoms. The topological polar surface area (TPSA) is 69.7 Å². The highest BCUT2D eigenvalue weighted by Gasteiger charge is 2.35. The van der Waals surface area contributed by atoms with Gasteiger partial charge in [0.2, 0.25) is 5.91 Å². The van der Waals surface area contributed by atoms with Crippen LogP contribution in [0.2, 0.25) is 0 Å². The van der Waals surface area contributed by atoms with E-state index < -0.39 is 0 Å². The van der Waals surface area contributed by atoms with Crippen LogP contribution in [0.1, 0.15) is 40.5 Å². The summed E-state index contributed by atoms with van der Waals surface area (Å²) in [6.07, 6.45) is 0.637. The van der Waals surface area contributed by atoms with Crippen molar-refractivity contribution in [2.45, 2.75) is 19.8 Å². The molecule has 0 fully saturated rings. The summed E-state index contributed by atoms with van der Waals surface area (Å²) in [6, 6.07) is 12.7. The van der Waals surface area contributed by atoms with Crippen molar-refractivity contribution in [3.8, 4) is 0 Å². The standard InChI is InChI=1S/C21H22BrN3O3/c1-3-24(2)16-7-4-6-15(13-16)23-19(26)8-5-11-25-20(27)17-10-9-14(22)12-18(17)21(25)28/h4,6-7,9-10,12-13H,3,5,8,11H2,1-2H3,(H,23,26). The third-order valence-corrected chi connectivity index (χ3v) is 5.26. The van der Waals surface area contributed by atoms with Gasteiger partial charge in [0.1, 0.15) is 0 Å². The molecule has 0 saturated carbocycles. The fraction of sp³-hybridized carbons (Fsp3) is 0.286. The molecular weight excluding hydrogens is 422 g/mol. The molecule has 0 saturated heterocycles. The minimum absolute atomic E-state index is 0.143. The molecule has 0 atom stereocenters. The van der Waals surface area contributed by atoms with Gasteiger partial charge in [-0.3, -0.25) is 19.3 Å². The quantitative estimate of drug-likeness (QED) is 0.658. The van der Waals surface area contributed by atoms with Crippen LogP contribution in [0.5, 0.6) is 0 Å². The molecule has 2 aromatic rings. The van der Waals surface area contributed by atoms with E-state index in [-0.39, 0.29) is 30.7 Å². The largest absolute Gasteiger partial charge is 0.375 e. The highest BCUT2D eigenvalue weighted by molar-refractivity contribution is 9.10. The third-order valence-electron chi connectivity index (χ3n) is 4.76. The SMILES string of the molecule is CCN(C)c1cccc(NC(=O)CCCN2C(=O)c3ccc(Br)cc3C2=O)c1. The van der Waals surface area contributed by atoms with E-state index in [1.807, 2.05) is 31.3 Å². The molecule has 2 aromatic carbocycles. The Morgan fingerprint density at radius 3 is 2.61 bits per heavy atom. The minimum Gasteiger partial charge on any atom is -0.375 e. The average Bonchev–Trinajstić information content (AvgIpc) is 2.91. The van der Waals surface area contributed by atoms with E-state index in [2.05, 4.69) is 33.1 Å². The predicted octanol–water partition coefficient (Wildman–Crippen LogP) is 3.92. The third kappa shape index (κ3) is 4.25. The normalized spacial score (nSPS) is 12.9. The second-order valence-electron chi connectivity index (χ2n) is 6.67. The minimum atomic E-state index is -0.308. The zero-order chi connectivity index (χ0) is 20.3. The number of anilines is 2. The Balaban J connectivity index is 1.54. The van der Waals surface area contributed by atoms with Crippen LogP contribution >= 0.6 is 15.9 Å². The molecule has 3 amide bonds. The number of halogens is 1. The first kappa shape index (κ1) is 20.1. The van der Waals surface area contributed by atoms with E-state index in [9.17, 15) is 14.4 Å². The Bertz CT molecular complexity index is 929. The zero-order valence-corrected chi connectivity index (χ0v) is 17.5. The van der Waals surface area contributed by atoms with Crippen LogP contribution in [0, 0.1) is 0 Å². The molecule has 3 rings (SSSR count). The molecule has 6 nitrogen and oxygen atoms in total. The van der Waals surface area contributed by atoms with Gasteiger partial charge in [-0.2, -0.15) is 0 Å². The molecule has 1 aliphatic heterocycles. The Morgan fingerprint density at radius 1 is 1.11 bits per heavy atom. The number of fused-ring (bicyclic) bond motifs is 1. The molecule has 0 spiro atoms. The van der Waals surface area contributed by atoms with Crippen LogP contribution in [0.25, 0.3) is 0 Å². The lowest BCUT2D eigenvalue weighted by molar-refractivity contribution is -0.116. The number of amides is 3. The number of carbonyl (C=O) groups excluding carboxylic acids is 3. The summed E-state index contributed by atoms with van der Waals surface area (Å²) in [6.45, 7) is 3.15. The maximum absolute atomic E-state index is 12.4. The first-order valence-electron chi connectivity index (χ1n) is 9.17. The number of imide groups is 1. The molecule has 1 heterocycles. The van der Waals surface area contributed by atoms with Gasteiger partial charge in [0.05, 0.1) is 11.1 Å². The van der Waals surface area contributed by atoms with Gasteiger partial charge in [-0.15, -0.1) is 0 Å². The molecule has 146 valence electrons. The van der Waals surface area contributed by atoms with Crippen molar-refractivity contribution in [3.05, 3.63) is 58.1 Å². The maximum Gasteiger partial charge on any atom is 0.261 e. The molecule has 0 aromatic heterocycles. The molecule has 0 unspecified atom stereocenters. The van der Waals surface area contributed by atoms with E-state index in [0.29, 0.717) is 17.5 Å². The van der Waals surface area contributed by atoms with E-state index in [1.165, 1.54) is 4.90 Å². The van der Waals surface area contributed by atoms with Gasteiger partial charge in [0.15, 0.2) is 0 Å². The number of hydrogen-bond acceptors (Lipinski definition) is 4. The van der Waals surface area contributed by atoms with E-state index in [1.54, 1.807) is 18.2 Å². The molecule has 0 bridgehead atoms. The Kier molecular flexibility index (Phi) is 6.14.